The Balaban J connectivity index is 2.29. The Kier molecular flexibility index (Phi) is 4.44. The highest BCUT2D eigenvalue weighted by atomic mass is 35.5. The van der Waals surface area contributed by atoms with Crippen LogP contribution in [0.1, 0.15) is 15.9 Å². The summed E-state index contributed by atoms with van der Waals surface area (Å²) in [6.07, 6.45) is -4.60. The van der Waals surface area contributed by atoms with Gasteiger partial charge in [-0.1, -0.05) is 35.3 Å². The number of halogens is 5. The molecule has 21 heavy (non-hydrogen) atoms. The Labute approximate surface area is 128 Å². The predicted molar refractivity (Wildman–Crippen MR) is 75.9 cm³/mol. The molecule has 0 atom stereocenters. The number of alkyl halides is 3. The molecule has 0 bridgehead atoms. The fourth-order valence-corrected chi connectivity index (χ4v) is 2.11. The van der Waals surface area contributed by atoms with E-state index in [2.05, 4.69) is 5.32 Å². The maximum atomic E-state index is 12.7. The lowest BCUT2D eigenvalue weighted by atomic mass is 10.1. The lowest BCUT2D eigenvalue weighted by Crippen LogP contribution is -2.13. The van der Waals surface area contributed by atoms with Crippen molar-refractivity contribution in [3.63, 3.8) is 0 Å². The topological polar surface area (TPSA) is 29.1 Å². The molecule has 7 heteroatoms. The number of carbonyl (C=O) groups excluding carboxylic acids is 1. The number of amides is 1. The van der Waals surface area contributed by atoms with Crippen molar-refractivity contribution in [1.82, 2.24) is 0 Å². The maximum Gasteiger partial charge on any atom is 0.417 e. The molecular formula is C14H8Cl2F3NO. The molecule has 0 fully saturated rings. The molecule has 2 rings (SSSR count). The van der Waals surface area contributed by atoms with E-state index in [9.17, 15) is 18.0 Å². The molecular weight excluding hydrogens is 326 g/mol. The molecule has 0 saturated carbocycles. The quantitative estimate of drug-likeness (QED) is 0.797. The molecule has 2 nitrogen and oxygen atoms in total. The zero-order chi connectivity index (χ0) is 15.6. The number of rotatable bonds is 2. The van der Waals surface area contributed by atoms with Crippen LogP contribution in [0.5, 0.6) is 0 Å². The first-order valence-electron chi connectivity index (χ1n) is 5.71. The molecule has 0 aliphatic heterocycles. The van der Waals surface area contributed by atoms with Gasteiger partial charge in [-0.25, -0.2) is 0 Å². The van der Waals surface area contributed by atoms with Crippen molar-refractivity contribution in [2.75, 3.05) is 5.32 Å². The van der Waals surface area contributed by atoms with Crippen LogP contribution in [0.2, 0.25) is 10.0 Å². The van der Waals surface area contributed by atoms with Crippen LogP contribution in [0.3, 0.4) is 0 Å². The minimum absolute atomic E-state index is 0.0170. The smallest absolute Gasteiger partial charge is 0.322 e. The van der Waals surface area contributed by atoms with Crippen LogP contribution < -0.4 is 5.32 Å². The fourth-order valence-electron chi connectivity index (χ4n) is 1.66. The average Bonchev–Trinajstić information content (AvgIpc) is 2.40. The molecule has 0 aliphatic rings. The highest BCUT2D eigenvalue weighted by molar-refractivity contribution is 6.34. The number of benzene rings is 2. The third-order valence-electron chi connectivity index (χ3n) is 2.65. The molecule has 110 valence electrons. The van der Waals surface area contributed by atoms with Gasteiger partial charge in [-0.3, -0.25) is 4.79 Å². The van der Waals surface area contributed by atoms with E-state index in [1.807, 2.05) is 0 Å². The van der Waals surface area contributed by atoms with Crippen LogP contribution in [0.15, 0.2) is 42.5 Å². The number of hydrogen-bond donors (Lipinski definition) is 1. The van der Waals surface area contributed by atoms with E-state index in [4.69, 9.17) is 23.2 Å². The van der Waals surface area contributed by atoms with Crippen molar-refractivity contribution < 1.29 is 18.0 Å². The predicted octanol–water partition coefficient (Wildman–Crippen LogP) is 5.26. The van der Waals surface area contributed by atoms with Crippen molar-refractivity contribution in [2.45, 2.75) is 6.18 Å². The second-order valence-electron chi connectivity index (χ2n) is 4.13. The highest BCUT2D eigenvalue weighted by Gasteiger charge is 2.33. The molecule has 2 aromatic carbocycles. The minimum Gasteiger partial charge on any atom is -0.322 e. The second kappa shape index (κ2) is 5.95. The van der Waals surface area contributed by atoms with Gasteiger partial charge in [0.05, 0.1) is 21.2 Å². The molecule has 2 aromatic rings. The molecule has 0 saturated heterocycles. The molecule has 1 amide bonds. The Morgan fingerprint density at radius 3 is 2.29 bits per heavy atom. The second-order valence-corrected chi connectivity index (χ2v) is 4.94. The summed E-state index contributed by atoms with van der Waals surface area (Å²) in [5.41, 5.74) is -0.861. The minimum atomic E-state index is -4.60. The lowest BCUT2D eigenvalue weighted by molar-refractivity contribution is -0.137. The Morgan fingerprint density at radius 2 is 1.67 bits per heavy atom. The molecule has 0 spiro atoms. The van der Waals surface area contributed by atoms with Gasteiger partial charge in [0.15, 0.2) is 0 Å². The summed E-state index contributed by atoms with van der Waals surface area (Å²) in [4.78, 5) is 12.0. The SMILES string of the molecule is O=C(Nc1ccc(Cl)c(C(F)(F)F)c1)c1ccccc1Cl. The third kappa shape index (κ3) is 3.68. The van der Waals surface area contributed by atoms with Gasteiger partial charge in [0, 0.05) is 5.69 Å². The van der Waals surface area contributed by atoms with Gasteiger partial charge in [0.2, 0.25) is 0 Å². The maximum absolute atomic E-state index is 12.7. The number of anilines is 1. The zero-order valence-corrected chi connectivity index (χ0v) is 11.9. The van der Waals surface area contributed by atoms with Crippen LogP contribution in [-0.4, -0.2) is 5.91 Å². The standard InChI is InChI=1S/C14H8Cl2F3NO/c15-11-4-2-1-3-9(11)13(21)20-8-5-6-12(16)10(7-8)14(17,18)19/h1-7H,(H,20,21). The molecule has 0 aliphatic carbocycles. The van der Waals surface area contributed by atoms with E-state index in [1.54, 1.807) is 12.1 Å². The van der Waals surface area contributed by atoms with Gasteiger partial charge < -0.3 is 5.32 Å². The van der Waals surface area contributed by atoms with Crippen LogP contribution in [-0.2, 0) is 6.18 Å². The van der Waals surface area contributed by atoms with Crippen molar-refractivity contribution >= 4 is 34.8 Å². The summed E-state index contributed by atoms with van der Waals surface area (Å²) in [6, 6.07) is 9.36. The van der Waals surface area contributed by atoms with Crippen LogP contribution in [0.4, 0.5) is 18.9 Å². The summed E-state index contributed by atoms with van der Waals surface area (Å²) >= 11 is 11.4. The van der Waals surface area contributed by atoms with E-state index in [1.165, 1.54) is 18.2 Å². The first-order valence-corrected chi connectivity index (χ1v) is 6.47. The average molecular weight is 334 g/mol. The van der Waals surface area contributed by atoms with E-state index in [0.29, 0.717) is 0 Å². The van der Waals surface area contributed by atoms with Crippen LogP contribution in [0, 0.1) is 0 Å². The summed E-state index contributed by atoms with van der Waals surface area (Å²) in [7, 11) is 0. The van der Waals surface area contributed by atoms with Crippen LogP contribution >= 0.6 is 23.2 Å². The Morgan fingerprint density at radius 1 is 1.00 bits per heavy atom. The van der Waals surface area contributed by atoms with Crippen molar-refractivity contribution in [3.05, 3.63) is 63.6 Å². The largest absolute Gasteiger partial charge is 0.417 e. The first-order chi connectivity index (χ1) is 9.79. The Hall–Kier alpha value is -1.72. The van der Waals surface area contributed by atoms with Crippen molar-refractivity contribution in [3.8, 4) is 0 Å². The first kappa shape index (κ1) is 15.7. The molecule has 1 N–H and O–H groups in total. The number of hydrogen-bond acceptors (Lipinski definition) is 1. The van der Waals surface area contributed by atoms with E-state index in [-0.39, 0.29) is 16.3 Å². The summed E-state index contributed by atoms with van der Waals surface area (Å²) in [6.45, 7) is 0. The van der Waals surface area contributed by atoms with Crippen molar-refractivity contribution in [2.24, 2.45) is 0 Å². The summed E-state index contributed by atoms with van der Waals surface area (Å²) in [5, 5.41) is 2.13. The van der Waals surface area contributed by atoms with E-state index >= 15 is 0 Å². The van der Waals surface area contributed by atoms with Crippen molar-refractivity contribution in [1.29, 1.82) is 0 Å². The fraction of sp³-hybridized carbons (Fsp3) is 0.0714. The van der Waals surface area contributed by atoms with Gasteiger partial charge in [-0.15, -0.1) is 0 Å². The lowest BCUT2D eigenvalue weighted by Gasteiger charge is -2.12. The summed E-state index contributed by atoms with van der Waals surface area (Å²) < 4.78 is 38.2. The number of nitrogens with one attached hydrogen (secondary N) is 1. The summed E-state index contributed by atoms with van der Waals surface area (Å²) in [5.74, 6) is -0.601. The third-order valence-corrected chi connectivity index (χ3v) is 3.31. The van der Waals surface area contributed by atoms with E-state index < -0.39 is 22.7 Å². The van der Waals surface area contributed by atoms with Gasteiger partial charge >= 0.3 is 6.18 Å². The van der Waals surface area contributed by atoms with E-state index in [0.717, 1.165) is 12.1 Å². The van der Waals surface area contributed by atoms with Gasteiger partial charge in [0.25, 0.3) is 5.91 Å². The zero-order valence-electron chi connectivity index (χ0n) is 10.3. The highest BCUT2D eigenvalue weighted by Crippen LogP contribution is 2.36. The molecule has 0 heterocycles. The normalized spacial score (nSPS) is 11.3. The Bertz CT molecular complexity index is 686. The van der Waals surface area contributed by atoms with Gasteiger partial charge in [-0.05, 0) is 30.3 Å². The molecule has 0 unspecified atom stereocenters. The monoisotopic (exact) mass is 333 g/mol. The number of carbonyl (C=O) groups is 1. The van der Waals surface area contributed by atoms with Gasteiger partial charge in [-0.2, -0.15) is 13.2 Å². The van der Waals surface area contributed by atoms with Gasteiger partial charge in [0.1, 0.15) is 0 Å². The molecule has 0 aromatic heterocycles. The van der Waals surface area contributed by atoms with Crippen LogP contribution in [0.25, 0.3) is 0 Å². The molecule has 0 radical (unpaired) electrons.